The molecule has 2 aromatic carbocycles. The predicted molar refractivity (Wildman–Crippen MR) is 156 cm³/mol. The predicted octanol–water partition coefficient (Wildman–Crippen LogP) is 6.59. The number of aromatic nitrogens is 6. The molecule has 0 N–H and O–H groups in total. The third-order valence-corrected chi connectivity index (χ3v) is 6.96. The molecule has 5 aromatic rings. The van der Waals surface area contributed by atoms with E-state index in [1.165, 1.54) is 0 Å². The number of ether oxygens (including phenoxy) is 2. The van der Waals surface area contributed by atoms with Crippen molar-refractivity contribution in [3.05, 3.63) is 82.7 Å². The third-order valence-electron chi connectivity index (χ3n) is 6.96. The van der Waals surface area contributed by atoms with Crippen LogP contribution in [-0.2, 0) is 0 Å². The first-order valence-electron chi connectivity index (χ1n) is 13.0. The molecular weight excluding hydrogens is 500 g/mol. The van der Waals surface area contributed by atoms with Gasteiger partial charge in [0.05, 0.1) is 48.4 Å². The zero-order valence-electron chi connectivity index (χ0n) is 24.1. The Morgan fingerprint density at radius 3 is 1.27 bits per heavy atom. The molecule has 0 saturated heterocycles. The van der Waals surface area contributed by atoms with Gasteiger partial charge in [-0.3, -0.25) is 9.97 Å². The van der Waals surface area contributed by atoms with E-state index >= 15 is 0 Å². The van der Waals surface area contributed by atoms with E-state index < -0.39 is 0 Å². The standard InChI is InChI=1S/C32H32N6O2/c1-17-13-23(27-21(5)33-15-19(3)35-27)9-11-25(17)29-31(39-7)32(40-8)30(38-37-29)26-12-10-24(14-18(26)2)28-22(6)34-16-20(4)36-28/h9-16H,1-8H3. The summed E-state index contributed by atoms with van der Waals surface area (Å²) in [5.41, 5.74) is 12.3. The Labute approximate surface area is 234 Å². The van der Waals surface area contributed by atoms with Crippen LogP contribution in [0.25, 0.3) is 45.0 Å². The van der Waals surface area contributed by atoms with Crippen LogP contribution in [0.1, 0.15) is 33.9 Å². The number of methoxy groups -OCH3 is 2. The van der Waals surface area contributed by atoms with Gasteiger partial charge in [0, 0.05) is 34.6 Å². The van der Waals surface area contributed by atoms with Crippen molar-refractivity contribution in [2.24, 2.45) is 0 Å². The maximum Gasteiger partial charge on any atom is 0.191 e. The van der Waals surface area contributed by atoms with Crippen LogP contribution < -0.4 is 9.47 Å². The molecule has 0 spiro atoms. The molecule has 40 heavy (non-hydrogen) atoms. The summed E-state index contributed by atoms with van der Waals surface area (Å²) in [6, 6.07) is 12.3. The molecule has 3 aromatic heterocycles. The van der Waals surface area contributed by atoms with Crippen molar-refractivity contribution in [1.82, 2.24) is 30.1 Å². The number of hydrogen-bond acceptors (Lipinski definition) is 8. The lowest BCUT2D eigenvalue weighted by molar-refractivity contribution is 0.353. The number of rotatable bonds is 6. The second-order valence-corrected chi connectivity index (χ2v) is 9.91. The molecule has 202 valence electrons. The molecule has 0 saturated carbocycles. The molecule has 0 radical (unpaired) electrons. The summed E-state index contributed by atoms with van der Waals surface area (Å²) in [6.07, 6.45) is 3.56. The van der Waals surface area contributed by atoms with E-state index in [0.717, 1.165) is 67.5 Å². The lowest BCUT2D eigenvalue weighted by atomic mass is 9.97. The fraction of sp³-hybridized carbons (Fsp3) is 0.250. The Hall–Kier alpha value is -4.72. The topological polar surface area (TPSA) is 95.8 Å². The molecule has 0 amide bonds. The average Bonchev–Trinajstić information content (AvgIpc) is 2.94. The normalized spacial score (nSPS) is 11.0. The highest BCUT2D eigenvalue weighted by Gasteiger charge is 2.23. The Balaban J connectivity index is 1.58. The van der Waals surface area contributed by atoms with Crippen molar-refractivity contribution in [3.63, 3.8) is 0 Å². The number of nitrogens with zero attached hydrogens (tertiary/aromatic N) is 6. The van der Waals surface area contributed by atoms with E-state index in [1.54, 1.807) is 26.6 Å². The van der Waals surface area contributed by atoms with E-state index in [-0.39, 0.29) is 0 Å². The molecule has 8 nitrogen and oxygen atoms in total. The van der Waals surface area contributed by atoms with Crippen LogP contribution in [0.15, 0.2) is 48.8 Å². The Kier molecular flexibility index (Phi) is 7.26. The lowest BCUT2D eigenvalue weighted by Gasteiger charge is -2.17. The lowest BCUT2D eigenvalue weighted by Crippen LogP contribution is -2.03. The van der Waals surface area contributed by atoms with Crippen LogP contribution >= 0.6 is 0 Å². The maximum atomic E-state index is 5.88. The maximum absolute atomic E-state index is 5.88. The highest BCUT2D eigenvalue weighted by atomic mass is 16.5. The van der Waals surface area contributed by atoms with Gasteiger partial charge in [0.15, 0.2) is 11.5 Å². The van der Waals surface area contributed by atoms with Crippen molar-refractivity contribution in [1.29, 1.82) is 0 Å². The van der Waals surface area contributed by atoms with Crippen LogP contribution in [0.2, 0.25) is 0 Å². The van der Waals surface area contributed by atoms with E-state index in [4.69, 9.17) is 19.4 Å². The highest BCUT2D eigenvalue weighted by Crippen LogP contribution is 2.44. The number of aryl methyl sites for hydroxylation is 6. The average molecular weight is 533 g/mol. The van der Waals surface area contributed by atoms with E-state index in [0.29, 0.717) is 22.9 Å². The molecule has 0 atom stereocenters. The molecule has 3 heterocycles. The Bertz CT molecular complexity index is 1620. The molecule has 5 rings (SSSR count). The molecule has 0 unspecified atom stereocenters. The van der Waals surface area contributed by atoms with Gasteiger partial charge in [0.1, 0.15) is 11.4 Å². The smallest absolute Gasteiger partial charge is 0.191 e. The highest BCUT2D eigenvalue weighted by molar-refractivity contribution is 5.82. The van der Waals surface area contributed by atoms with Crippen LogP contribution in [-0.4, -0.2) is 44.4 Å². The summed E-state index contributed by atoms with van der Waals surface area (Å²) < 4.78 is 11.8. The summed E-state index contributed by atoms with van der Waals surface area (Å²) in [6.45, 7) is 11.9. The minimum absolute atomic E-state index is 0.527. The van der Waals surface area contributed by atoms with Crippen LogP contribution in [0.3, 0.4) is 0 Å². The Morgan fingerprint density at radius 2 is 0.925 bits per heavy atom. The van der Waals surface area contributed by atoms with Gasteiger partial charge >= 0.3 is 0 Å². The van der Waals surface area contributed by atoms with E-state index in [9.17, 15) is 0 Å². The molecule has 0 bridgehead atoms. The summed E-state index contributed by atoms with van der Waals surface area (Å²) >= 11 is 0. The molecule has 0 aliphatic rings. The molecule has 0 fully saturated rings. The summed E-state index contributed by atoms with van der Waals surface area (Å²) in [5, 5.41) is 9.28. The van der Waals surface area contributed by atoms with E-state index in [1.807, 2.05) is 65.8 Å². The van der Waals surface area contributed by atoms with E-state index in [2.05, 4.69) is 32.3 Å². The molecule has 0 aliphatic heterocycles. The summed E-state index contributed by atoms with van der Waals surface area (Å²) in [7, 11) is 3.24. The fourth-order valence-electron chi connectivity index (χ4n) is 4.91. The monoisotopic (exact) mass is 532 g/mol. The van der Waals surface area contributed by atoms with Gasteiger partial charge in [-0.2, -0.15) is 0 Å². The van der Waals surface area contributed by atoms with Crippen molar-refractivity contribution in [2.75, 3.05) is 14.2 Å². The number of hydrogen-bond donors (Lipinski definition) is 0. The van der Waals surface area contributed by atoms with Gasteiger partial charge in [0.2, 0.25) is 0 Å². The van der Waals surface area contributed by atoms with Crippen molar-refractivity contribution in [3.8, 4) is 56.5 Å². The van der Waals surface area contributed by atoms with Crippen LogP contribution in [0.5, 0.6) is 11.5 Å². The minimum Gasteiger partial charge on any atom is -0.491 e. The van der Waals surface area contributed by atoms with Gasteiger partial charge in [-0.25, -0.2) is 9.97 Å². The van der Waals surface area contributed by atoms with Gasteiger partial charge in [0.25, 0.3) is 0 Å². The van der Waals surface area contributed by atoms with Crippen molar-refractivity contribution >= 4 is 0 Å². The van der Waals surface area contributed by atoms with Crippen LogP contribution in [0, 0.1) is 41.5 Å². The first-order valence-corrected chi connectivity index (χ1v) is 13.0. The third kappa shape index (κ3) is 4.88. The zero-order valence-corrected chi connectivity index (χ0v) is 24.1. The summed E-state index contributed by atoms with van der Waals surface area (Å²) in [4.78, 5) is 18.3. The molecular formula is C32H32N6O2. The summed E-state index contributed by atoms with van der Waals surface area (Å²) in [5.74, 6) is 1.05. The van der Waals surface area contributed by atoms with Gasteiger partial charge in [-0.15, -0.1) is 10.2 Å². The first-order chi connectivity index (χ1) is 19.2. The van der Waals surface area contributed by atoms with Gasteiger partial charge < -0.3 is 9.47 Å². The minimum atomic E-state index is 0.527. The van der Waals surface area contributed by atoms with Crippen LogP contribution in [0.4, 0.5) is 0 Å². The molecule has 0 aliphatic carbocycles. The number of benzene rings is 2. The molecule has 8 heteroatoms. The van der Waals surface area contributed by atoms with Gasteiger partial charge in [-0.05, 0) is 64.8 Å². The second kappa shape index (κ2) is 10.8. The largest absolute Gasteiger partial charge is 0.491 e. The second-order valence-electron chi connectivity index (χ2n) is 9.91. The fourth-order valence-corrected chi connectivity index (χ4v) is 4.91. The Morgan fingerprint density at radius 1 is 0.525 bits per heavy atom. The van der Waals surface area contributed by atoms with Gasteiger partial charge in [-0.1, -0.05) is 24.3 Å². The van der Waals surface area contributed by atoms with Crippen molar-refractivity contribution in [2.45, 2.75) is 41.5 Å². The zero-order chi connectivity index (χ0) is 28.6. The first kappa shape index (κ1) is 26.9. The van der Waals surface area contributed by atoms with Crippen molar-refractivity contribution < 1.29 is 9.47 Å². The SMILES string of the molecule is COc1c(-c2ccc(-c3nc(C)cnc3C)cc2C)nnc(-c2ccc(-c3nc(C)cnc3C)cc2C)c1OC. The quantitative estimate of drug-likeness (QED) is 0.242.